The number of nitrogens with zero attached hydrogens (tertiary/aromatic N) is 3. The number of halogens is 2. The highest BCUT2D eigenvalue weighted by atomic mass is 19.1. The van der Waals surface area contributed by atoms with Gasteiger partial charge in [0.1, 0.15) is 23.0 Å². The van der Waals surface area contributed by atoms with Crippen LogP contribution in [0.2, 0.25) is 0 Å². The molecule has 0 unspecified atom stereocenters. The highest BCUT2D eigenvalue weighted by Gasteiger charge is 2.25. The van der Waals surface area contributed by atoms with Crippen molar-refractivity contribution in [3.05, 3.63) is 83.2 Å². The van der Waals surface area contributed by atoms with Gasteiger partial charge in [-0.25, -0.2) is 13.8 Å². The number of aryl methyl sites for hydroxylation is 1. The normalized spacial score (nSPS) is 15.1. The molecule has 2 aromatic carbocycles. The first-order valence-electron chi connectivity index (χ1n) is 12.4. The molecule has 0 spiro atoms. The third-order valence-corrected chi connectivity index (χ3v) is 6.81. The maximum Gasteiger partial charge on any atom is 0.267 e. The van der Waals surface area contributed by atoms with Crippen LogP contribution >= 0.6 is 0 Å². The standard InChI is InChI=1S/C29H27F2N5O2/c1-16-10-18(12-19(30)11-16)22-14-34-24-7-5-17(27-23(31)6-8-25(35-27)28(32)37)13-21(24)26(22)29(38)36(2)15-20-4-3-9-33-20/h5-8,10-14,20,33H,3-4,9,15H2,1-2H3,(H2,32,37)/t20-/m0/s1. The first kappa shape index (κ1) is 25.4. The maximum absolute atomic E-state index is 14.8. The number of pyridine rings is 2. The number of aromatic nitrogens is 2. The smallest absolute Gasteiger partial charge is 0.267 e. The van der Waals surface area contributed by atoms with Crippen LogP contribution in [0.5, 0.6) is 0 Å². The fourth-order valence-electron chi connectivity index (χ4n) is 4.98. The van der Waals surface area contributed by atoms with Crippen LogP contribution in [-0.2, 0) is 0 Å². The summed E-state index contributed by atoms with van der Waals surface area (Å²) in [6.07, 6.45) is 3.58. The van der Waals surface area contributed by atoms with Crippen molar-refractivity contribution < 1.29 is 18.4 Å². The summed E-state index contributed by atoms with van der Waals surface area (Å²) >= 11 is 0. The Morgan fingerprint density at radius 3 is 2.63 bits per heavy atom. The first-order chi connectivity index (χ1) is 18.2. The molecule has 1 aliphatic heterocycles. The van der Waals surface area contributed by atoms with Gasteiger partial charge in [-0.15, -0.1) is 0 Å². The number of rotatable bonds is 6. The van der Waals surface area contributed by atoms with Gasteiger partial charge in [0.05, 0.1) is 11.1 Å². The summed E-state index contributed by atoms with van der Waals surface area (Å²) in [6, 6.07) is 12.0. The maximum atomic E-state index is 14.8. The second kappa shape index (κ2) is 10.3. The zero-order valence-electron chi connectivity index (χ0n) is 21.1. The lowest BCUT2D eigenvalue weighted by Crippen LogP contribution is -2.38. The number of carbonyl (C=O) groups excluding carboxylic acids is 2. The van der Waals surface area contributed by atoms with Gasteiger partial charge in [0.2, 0.25) is 0 Å². The fraction of sp³-hybridized carbons (Fsp3) is 0.241. The Morgan fingerprint density at radius 1 is 1.11 bits per heavy atom. The minimum atomic E-state index is -0.782. The van der Waals surface area contributed by atoms with Crippen LogP contribution in [0.25, 0.3) is 33.3 Å². The number of benzene rings is 2. The van der Waals surface area contributed by atoms with Gasteiger partial charge in [0.15, 0.2) is 0 Å². The Kier molecular flexibility index (Phi) is 6.86. The zero-order chi connectivity index (χ0) is 27.0. The molecular weight excluding hydrogens is 488 g/mol. The molecule has 0 saturated carbocycles. The van der Waals surface area contributed by atoms with Gasteiger partial charge in [-0.3, -0.25) is 14.6 Å². The third kappa shape index (κ3) is 4.97. The largest absolute Gasteiger partial charge is 0.364 e. The van der Waals surface area contributed by atoms with Crippen molar-refractivity contribution in [1.82, 2.24) is 20.2 Å². The topological polar surface area (TPSA) is 101 Å². The molecule has 3 heterocycles. The Morgan fingerprint density at radius 2 is 1.92 bits per heavy atom. The van der Waals surface area contributed by atoms with E-state index in [-0.39, 0.29) is 23.3 Å². The Hall–Kier alpha value is -4.24. The molecule has 3 N–H and O–H groups in total. The predicted molar refractivity (Wildman–Crippen MR) is 142 cm³/mol. The van der Waals surface area contributed by atoms with E-state index in [2.05, 4.69) is 15.3 Å². The SMILES string of the molecule is Cc1cc(F)cc(-c2cnc3ccc(-c4nc(C(N)=O)ccc4F)cc3c2C(=O)N(C)C[C@@H]2CCCN2)c1. The van der Waals surface area contributed by atoms with Crippen LogP contribution in [-0.4, -0.2) is 52.9 Å². The lowest BCUT2D eigenvalue weighted by atomic mass is 9.94. The molecule has 194 valence electrons. The van der Waals surface area contributed by atoms with Crippen molar-refractivity contribution in [2.45, 2.75) is 25.8 Å². The average molecular weight is 516 g/mol. The summed E-state index contributed by atoms with van der Waals surface area (Å²) in [7, 11) is 1.73. The molecule has 5 rings (SSSR count). The Labute approximate surface area is 218 Å². The number of likely N-dealkylation sites (N-methyl/N-ethyl adjacent to an activating group) is 1. The predicted octanol–water partition coefficient (Wildman–Crippen LogP) is 4.47. The molecule has 2 aromatic heterocycles. The number of hydrogen-bond donors (Lipinski definition) is 2. The van der Waals surface area contributed by atoms with E-state index < -0.39 is 17.5 Å². The molecule has 1 saturated heterocycles. The molecule has 0 aliphatic carbocycles. The fourth-order valence-corrected chi connectivity index (χ4v) is 4.98. The van der Waals surface area contributed by atoms with E-state index in [9.17, 15) is 18.4 Å². The van der Waals surface area contributed by atoms with Gasteiger partial charge in [-0.2, -0.15) is 0 Å². The summed E-state index contributed by atoms with van der Waals surface area (Å²) in [5.41, 5.74) is 8.06. The van der Waals surface area contributed by atoms with E-state index in [1.165, 1.54) is 18.2 Å². The van der Waals surface area contributed by atoms with Crippen LogP contribution in [0.1, 0.15) is 39.3 Å². The van der Waals surface area contributed by atoms with E-state index in [0.717, 1.165) is 25.5 Å². The van der Waals surface area contributed by atoms with Gasteiger partial charge in [0, 0.05) is 42.3 Å². The molecule has 9 heteroatoms. The third-order valence-electron chi connectivity index (χ3n) is 6.81. The van der Waals surface area contributed by atoms with Crippen molar-refractivity contribution in [2.24, 2.45) is 5.73 Å². The summed E-state index contributed by atoms with van der Waals surface area (Å²) in [6.45, 7) is 3.19. The summed E-state index contributed by atoms with van der Waals surface area (Å²) in [5, 5.41) is 3.86. The van der Waals surface area contributed by atoms with Crippen molar-refractivity contribution in [2.75, 3.05) is 20.1 Å². The van der Waals surface area contributed by atoms with E-state index in [4.69, 9.17) is 5.73 Å². The second-order valence-corrected chi connectivity index (χ2v) is 9.67. The van der Waals surface area contributed by atoms with Crippen molar-refractivity contribution in [3.8, 4) is 22.4 Å². The van der Waals surface area contributed by atoms with Gasteiger partial charge in [-0.05, 0) is 73.8 Å². The molecule has 1 atom stereocenters. The molecule has 2 amide bonds. The number of carbonyl (C=O) groups is 2. The van der Waals surface area contributed by atoms with Crippen LogP contribution in [0, 0.1) is 18.6 Å². The van der Waals surface area contributed by atoms with E-state index in [0.29, 0.717) is 45.3 Å². The number of fused-ring (bicyclic) bond motifs is 1. The van der Waals surface area contributed by atoms with Crippen molar-refractivity contribution in [1.29, 1.82) is 0 Å². The molecule has 4 aromatic rings. The van der Waals surface area contributed by atoms with Crippen molar-refractivity contribution in [3.63, 3.8) is 0 Å². The number of nitrogens with two attached hydrogens (primary N) is 1. The van der Waals surface area contributed by atoms with Gasteiger partial charge < -0.3 is 16.0 Å². The summed E-state index contributed by atoms with van der Waals surface area (Å²) in [5.74, 6) is -2.11. The first-order valence-corrected chi connectivity index (χ1v) is 12.4. The molecule has 7 nitrogen and oxygen atoms in total. The number of nitrogens with one attached hydrogen (secondary N) is 1. The van der Waals surface area contributed by atoms with Gasteiger partial charge in [-0.1, -0.05) is 12.1 Å². The van der Waals surface area contributed by atoms with Crippen LogP contribution in [0.4, 0.5) is 8.78 Å². The lowest BCUT2D eigenvalue weighted by Gasteiger charge is -2.24. The Balaban J connectivity index is 1.71. The molecule has 38 heavy (non-hydrogen) atoms. The van der Waals surface area contributed by atoms with Crippen LogP contribution in [0.15, 0.2) is 54.7 Å². The minimum Gasteiger partial charge on any atom is -0.364 e. The van der Waals surface area contributed by atoms with Crippen molar-refractivity contribution >= 4 is 22.7 Å². The average Bonchev–Trinajstić information content (AvgIpc) is 3.40. The molecule has 1 aliphatic rings. The summed E-state index contributed by atoms with van der Waals surface area (Å²) in [4.78, 5) is 35.9. The lowest BCUT2D eigenvalue weighted by molar-refractivity contribution is 0.0786. The number of primary amides is 1. The van der Waals surface area contributed by atoms with Crippen LogP contribution < -0.4 is 11.1 Å². The van der Waals surface area contributed by atoms with E-state index in [1.54, 1.807) is 49.3 Å². The summed E-state index contributed by atoms with van der Waals surface area (Å²) < 4.78 is 29.2. The van der Waals surface area contributed by atoms with E-state index >= 15 is 0 Å². The number of amides is 2. The molecule has 0 radical (unpaired) electrons. The second-order valence-electron chi connectivity index (χ2n) is 9.67. The van der Waals surface area contributed by atoms with E-state index in [1.807, 2.05) is 0 Å². The quantitative estimate of drug-likeness (QED) is 0.395. The number of hydrogen-bond acceptors (Lipinski definition) is 5. The van der Waals surface area contributed by atoms with Gasteiger partial charge in [0.25, 0.3) is 11.8 Å². The highest BCUT2D eigenvalue weighted by Crippen LogP contribution is 2.34. The van der Waals surface area contributed by atoms with Gasteiger partial charge >= 0.3 is 0 Å². The van der Waals surface area contributed by atoms with Crippen LogP contribution in [0.3, 0.4) is 0 Å². The highest BCUT2D eigenvalue weighted by molar-refractivity contribution is 6.12. The molecular formula is C29H27F2N5O2. The minimum absolute atomic E-state index is 0.0721. The Bertz CT molecular complexity index is 1550. The zero-order valence-corrected chi connectivity index (χ0v) is 21.1. The molecule has 1 fully saturated rings. The monoisotopic (exact) mass is 515 g/mol. The molecule has 0 bridgehead atoms.